The molecule has 0 aliphatic carbocycles. The van der Waals surface area contributed by atoms with Crippen molar-refractivity contribution in [3.05, 3.63) is 24.3 Å². The highest BCUT2D eigenvalue weighted by Crippen LogP contribution is 2.13. The summed E-state index contributed by atoms with van der Waals surface area (Å²) in [6, 6.07) is 0. The van der Waals surface area contributed by atoms with Gasteiger partial charge >= 0.3 is 11.9 Å². The number of hydrogen-bond acceptors (Lipinski definition) is 5. The highest BCUT2D eigenvalue weighted by Gasteiger charge is 2.17. The Bertz CT molecular complexity index is 731. The lowest BCUT2D eigenvalue weighted by atomic mass is 10.1. The number of carbonyl (C=O) groups is 2. The number of rotatable bonds is 38. The van der Waals surface area contributed by atoms with Gasteiger partial charge in [0.05, 0.1) is 6.61 Å². The van der Waals surface area contributed by atoms with Crippen LogP contribution in [0.4, 0.5) is 0 Å². The van der Waals surface area contributed by atoms with Gasteiger partial charge in [-0.1, -0.05) is 173 Å². The van der Waals surface area contributed by atoms with Crippen LogP contribution in [0.1, 0.15) is 213 Å². The number of carbonyl (C=O) groups excluding carboxylic acids is 2. The summed E-state index contributed by atoms with van der Waals surface area (Å²) in [6.45, 7) is 7.75. The van der Waals surface area contributed by atoms with Crippen LogP contribution in [0.15, 0.2) is 24.3 Å². The summed E-state index contributed by atoms with van der Waals surface area (Å²) in [6.07, 6.45) is 43.2. The maximum atomic E-state index is 12.5. The summed E-state index contributed by atoms with van der Waals surface area (Å²) in [5, 5.41) is 0. The third-order valence-electron chi connectivity index (χ3n) is 8.99. The van der Waals surface area contributed by atoms with Gasteiger partial charge in [0.2, 0.25) is 0 Å². The molecule has 0 heterocycles. The highest BCUT2D eigenvalue weighted by atomic mass is 16.6. The number of hydrogen-bond donors (Lipinski definition) is 0. The summed E-state index contributed by atoms with van der Waals surface area (Å²) in [5.41, 5.74) is 0. The summed E-state index contributed by atoms with van der Waals surface area (Å²) in [4.78, 5) is 25.0. The topological polar surface area (TPSA) is 61.8 Å². The summed E-state index contributed by atoms with van der Waals surface area (Å²) in [5.74, 6) is -0.407. The largest absolute Gasteiger partial charge is 0.462 e. The van der Waals surface area contributed by atoms with Crippen LogP contribution in [0.25, 0.3) is 0 Å². The van der Waals surface area contributed by atoms with Gasteiger partial charge in [-0.2, -0.15) is 0 Å². The molecule has 1 atom stereocenters. The molecule has 48 heavy (non-hydrogen) atoms. The van der Waals surface area contributed by atoms with Crippen LogP contribution in [-0.4, -0.2) is 37.9 Å². The minimum atomic E-state index is -0.526. The van der Waals surface area contributed by atoms with Crippen molar-refractivity contribution in [3.8, 4) is 0 Å². The second-order valence-corrected chi connectivity index (χ2v) is 13.9. The second-order valence-electron chi connectivity index (χ2n) is 13.9. The van der Waals surface area contributed by atoms with Crippen molar-refractivity contribution in [1.82, 2.24) is 0 Å². The van der Waals surface area contributed by atoms with E-state index in [1.165, 1.54) is 135 Å². The molecule has 0 rings (SSSR count). The molecule has 5 nitrogen and oxygen atoms in total. The SMILES string of the molecule is CCCCC/C=C\C/C=C\CCCCCCCCCC(=O)OCC(COCCCCCCCCCC)OC(=O)CCCCCCCCC. The van der Waals surface area contributed by atoms with Gasteiger partial charge in [-0.05, 0) is 51.4 Å². The van der Waals surface area contributed by atoms with Gasteiger partial charge in [0.1, 0.15) is 6.61 Å². The Morgan fingerprint density at radius 1 is 0.458 bits per heavy atom. The first kappa shape index (κ1) is 46.4. The molecule has 0 saturated carbocycles. The minimum absolute atomic E-state index is 0.0860. The minimum Gasteiger partial charge on any atom is -0.462 e. The lowest BCUT2D eigenvalue weighted by Crippen LogP contribution is -2.30. The van der Waals surface area contributed by atoms with Crippen molar-refractivity contribution >= 4 is 11.9 Å². The Hall–Kier alpha value is -1.62. The van der Waals surface area contributed by atoms with E-state index in [1.807, 2.05) is 0 Å². The number of esters is 2. The molecule has 1 unspecified atom stereocenters. The fourth-order valence-electron chi connectivity index (χ4n) is 5.83. The van der Waals surface area contributed by atoms with E-state index in [2.05, 4.69) is 45.1 Å². The second kappa shape index (κ2) is 39.8. The third kappa shape index (κ3) is 37.2. The maximum Gasteiger partial charge on any atom is 0.306 e. The first-order valence-corrected chi connectivity index (χ1v) is 20.9. The van der Waals surface area contributed by atoms with E-state index < -0.39 is 6.10 Å². The standard InChI is InChI=1S/C43H80O5/c1-4-7-10-13-16-18-19-20-21-22-23-24-25-26-28-30-33-36-42(44)47-40-41(39-46-38-35-32-29-17-14-11-8-5-2)48-43(45)37-34-31-27-15-12-9-6-3/h16,18,20-21,41H,4-15,17,19,22-40H2,1-3H3/b18-16-,21-20-. The number of allylic oxidation sites excluding steroid dienone is 4. The monoisotopic (exact) mass is 677 g/mol. The van der Waals surface area contributed by atoms with Crippen molar-refractivity contribution in [3.63, 3.8) is 0 Å². The zero-order chi connectivity index (χ0) is 35.0. The highest BCUT2D eigenvalue weighted by molar-refractivity contribution is 5.70. The van der Waals surface area contributed by atoms with Gasteiger partial charge in [0, 0.05) is 19.4 Å². The van der Waals surface area contributed by atoms with E-state index in [1.54, 1.807) is 0 Å². The molecular formula is C43H80O5. The molecule has 0 aromatic rings. The van der Waals surface area contributed by atoms with Gasteiger partial charge in [-0.3, -0.25) is 9.59 Å². The van der Waals surface area contributed by atoms with Crippen molar-refractivity contribution < 1.29 is 23.8 Å². The molecule has 0 aliphatic rings. The molecule has 0 spiro atoms. The summed E-state index contributed by atoms with van der Waals surface area (Å²) in [7, 11) is 0. The van der Waals surface area contributed by atoms with E-state index >= 15 is 0 Å². The van der Waals surface area contributed by atoms with Crippen LogP contribution in [-0.2, 0) is 23.8 Å². The van der Waals surface area contributed by atoms with Crippen LogP contribution in [0.5, 0.6) is 0 Å². The molecule has 0 N–H and O–H groups in total. The van der Waals surface area contributed by atoms with Crippen LogP contribution in [0.2, 0.25) is 0 Å². The molecule has 0 radical (unpaired) electrons. The maximum absolute atomic E-state index is 12.5. The van der Waals surface area contributed by atoms with E-state index in [-0.39, 0.29) is 18.5 Å². The van der Waals surface area contributed by atoms with Gasteiger partial charge in [-0.25, -0.2) is 0 Å². The first-order valence-electron chi connectivity index (χ1n) is 20.9. The summed E-state index contributed by atoms with van der Waals surface area (Å²) < 4.78 is 17.1. The molecule has 0 aliphatic heterocycles. The molecule has 0 aromatic heterocycles. The van der Waals surface area contributed by atoms with Gasteiger partial charge in [0.25, 0.3) is 0 Å². The Labute approximate surface area is 298 Å². The molecule has 0 saturated heterocycles. The van der Waals surface area contributed by atoms with Gasteiger partial charge in [-0.15, -0.1) is 0 Å². The number of unbranched alkanes of at least 4 members (excludes halogenated alkanes) is 23. The zero-order valence-corrected chi connectivity index (χ0v) is 32.3. The Morgan fingerprint density at radius 3 is 1.42 bits per heavy atom. The normalized spacial score (nSPS) is 12.3. The molecular weight excluding hydrogens is 596 g/mol. The molecule has 282 valence electrons. The van der Waals surface area contributed by atoms with E-state index in [9.17, 15) is 9.59 Å². The smallest absolute Gasteiger partial charge is 0.306 e. The zero-order valence-electron chi connectivity index (χ0n) is 32.3. The van der Waals surface area contributed by atoms with E-state index in [0.29, 0.717) is 26.1 Å². The molecule has 0 fully saturated rings. The lowest BCUT2D eigenvalue weighted by Gasteiger charge is -2.18. The lowest BCUT2D eigenvalue weighted by molar-refractivity contribution is -0.163. The predicted molar refractivity (Wildman–Crippen MR) is 205 cm³/mol. The Kier molecular flexibility index (Phi) is 38.5. The Balaban J connectivity index is 4.09. The fraction of sp³-hybridized carbons (Fsp3) is 0.860. The van der Waals surface area contributed by atoms with Crippen molar-refractivity contribution in [1.29, 1.82) is 0 Å². The average molecular weight is 677 g/mol. The van der Waals surface area contributed by atoms with Crippen LogP contribution in [0.3, 0.4) is 0 Å². The predicted octanol–water partition coefficient (Wildman–Crippen LogP) is 13.3. The summed E-state index contributed by atoms with van der Waals surface area (Å²) >= 11 is 0. The van der Waals surface area contributed by atoms with Crippen LogP contribution < -0.4 is 0 Å². The van der Waals surface area contributed by atoms with E-state index in [4.69, 9.17) is 14.2 Å². The van der Waals surface area contributed by atoms with Gasteiger partial charge in [0.15, 0.2) is 6.10 Å². The molecule has 0 amide bonds. The first-order chi connectivity index (χ1) is 23.6. The third-order valence-corrected chi connectivity index (χ3v) is 8.99. The van der Waals surface area contributed by atoms with Crippen molar-refractivity contribution in [2.24, 2.45) is 0 Å². The van der Waals surface area contributed by atoms with Crippen molar-refractivity contribution in [2.75, 3.05) is 19.8 Å². The fourth-order valence-corrected chi connectivity index (χ4v) is 5.83. The van der Waals surface area contributed by atoms with Gasteiger partial charge < -0.3 is 14.2 Å². The number of ether oxygens (including phenoxy) is 3. The Morgan fingerprint density at radius 2 is 0.875 bits per heavy atom. The molecule has 0 aromatic carbocycles. The molecule has 5 heteroatoms. The van der Waals surface area contributed by atoms with Crippen LogP contribution in [0, 0.1) is 0 Å². The molecule has 0 bridgehead atoms. The quantitative estimate of drug-likeness (QED) is 0.0370. The van der Waals surface area contributed by atoms with E-state index in [0.717, 1.165) is 44.9 Å². The van der Waals surface area contributed by atoms with Crippen molar-refractivity contribution in [2.45, 2.75) is 219 Å². The average Bonchev–Trinajstić information content (AvgIpc) is 3.08. The van der Waals surface area contributed by atoms with Crippen LogP contribution >= 0.6 is 0 Å².